The number of amides is 1. The summed E-state index contributed by atoms with van der Waals surface area (Å²) >= 11 is 5.91. The van der Waals surface area contributed by atoms with Gasteiger partial charge < -0.3 is 5.32 Å². The SMILES string of the molecule is Cc1c(Cl)cnn1CC(=O)Nc1cnn(Cc2cccc(F)c2)c1. The fraction of sp³-hybridized carbons (Fsp3) is 0.188. The van der Waals surface area contributed by atoms with Crippen molar-refractivity contribution in [1.82, 2.24) is 19.6 Å². The topological polar surface area (TPSA) is 64.7 Å². The van der Waals surface area contributed by atoms with Crippen LogP contribution in [0, 0.1) is 12.7 Å². The maximum atomic E-state index is 13.2. The van der Waals surface area contributed by atoms with Gasteiger partial charge in [0.05, 0.1) is 35.3 Å². The number of nitrogens with zero attached hydrogens (tertiary/aromatic N) is 4. The number of hydrogen-bond donors (Lipinski definition) is 1. The molecule has 6 nitrogen and oxygen atoms in total. The predicted molar refractivity (Wildman–Crippen MR) is 88.3 cm³/mol. The van der Waals surface area contributed by atoms with Crippen molar-refractivity contribution < 1.29 is 9.18 Å². The minimum Gasteiger partial charge on any atom is -0.322 e. The molecule has 0 saturated heterocycles. The zero-order chi connectivity index (χ0) is 17.1. The highest BCUT2D eigenvalue weighted by Gasteiger charge is 2.10. The third kappa shape index (κ3) is 3.80. The summed E-state index contributed by atoms with van der Waals surface area (Å²) in [5.41, 5.74) is 2.08. The van der Waals surface area contributed by atoms with Gasteiger partial charge in [0.25, 0.3) is 0 Å². The van der Waals surface area contributed by atoms with Crippen molar-refractivity contribution in [3.63, 3.8) is 0 Å². The lowest BCUT2D eigenvalue weighted by Crippen LogP contribution is -2.20. The van der Waals surface area contributed by atoms with E-state index in [0.29, 0.717) is 17.3 Å². The fourth-order valence-electron chi connectivity index (χ4n) is 2.26. The molecule has 0 saturated carbocycles. The van der Waals surface area contributed by atoms with Crippen LogP contribution in [0.4, 0.5) is 10.1 Å². The molecule has 0 atom stereocenters. The zero-order valence-corrected chi connectivity index (χ0v) is 13.7. The van der Waals surface area contributed by atoms with E-state index in [2.05, 4.69) is 15.5 Å². The van der Waals surface area contributed by atoms with Crippen molar-refractivity contribution in [2.45, 2.75) is 20.0 Å². The Kier molecular flexibility index (Phi) is 4.61. The summed E-state index contributed by atoms with van der Waals surface area (Å²) in [6.07, 6.45) is 4.73. The van der Waals surface area contributed by atoms with Crippen LogP contribution in [0.5, 0.6) is 0 Å². The van der Waals surface area contributed by atoms with Crippen LogP contribution >= 0.6 is 11.6 Å². The summed E-state index contributed by atoms with van der Waals surface area (Å²) in [4.78, 5) is 12.1. The van der Waals surface area contributed by atoms with E-state index in [1.807, 2.05) is 6.07 Å². The van der Waals surface area contributed by atoms with E-state index < -0.39 is 0 Å². The fourth-order valence-corrected chi connectivity index (χ4v) is 2.40. The molecule has 0 fully saturated rings. The highest BCUT2D eigenvalue weighted by molar-refractivity contribution is 6.31. The van der Waals surface area contributed by atoms with E-state index in [9.17, 15) is 9.18 Å². The lowest BCUT2D eigenvalue weighted by Gasteiger charge is -2.05. The van der Waals surface area contributed by atoms with Gasteiger partial charge in [-0.05, 0) is 24.6 Å². The lowest BCUT2D eigenvalue weighted by atomic mass is 10.2. The number of nitrogens with one attached hydrogen (secondary N) is 1. The number of benzene rings is 1. The minimum absolute atomic E-state index is 0.0631. The molecule has 0 unspecified atom stereocenters. The summed E-state index contributed by atoms with van der Waals surface area (Å²) in [6.45, 7) is 2.27. The van der Waals surface area contributed by atoms with Crippen LogP contribution < -0.4 is 5.32 Å². The molecule has 8 heteroatoms. The number of rotatable bonds is 5. The quantitative estimate of drug-likeness (QED) is 0.771. The first kappa shape index (κ1) is 16.2. The van der Waals surface area contributed by atoms with Gasteiger partial charge in [-0.3, -0.25) is 14.2 Å². The van der Waals surface area contributed by atoms with Crippen LogP contribution in [0.1, 0.15) is 11.3 Å². The van der Waals surface area contributed by atoms with Crippen molar-refractivity contribution in [1.29, 1.82) is 0 Å². The number of carbonyl (C=O) groups is 1. The molecule has 124 valence electrons. The molecule has 3 aromatic rings. The van der Waals surface area contributed by atoms with Gasteiger partial charge in [-0.25, -0.2) is 4.39 Å². The van der Waals surface area contributed by atoms with Gasteiger partial charge in [0, 0.05) is 6.20 Å². The third-order valence-corrected chi connectivity index (χ3v) is 3.86. The van der Waals surface area contributed by atoms with E-state index in [4.69, 9.17) is 11.6 Å². The zero-order valence-electron chi connectivity index (χ0n) is 12.9. The van der Waals surface area contributed by atoms with Crippen LogP contribution in [-0.2, 0) is 17.9 Å². The van der Waals surface area contributed by atoms with E-state index in [1.54, 1.807) is 30.1 Å². The van der Waals surface area contributed by atoms with Crippen molar-refractivity contribution >= 4 is 23.2 Å². The van der Waals surface area contributed by atoms with E-state index >= 15 is 0 Å². The standard InChI is InChI=1S/C16H15ClFN5O/c1-11-15(17)7-20-23(11)10-16(24)21-14-6-19-22(9-14)8-12-3-2-4-13(18)5-12/h2-7,9H,8,10H2,1H3,(H,21,24). The van der Waals surface area contributed by atoms with Crippen molar-refractivity contribution in [3.8, 4) is 0 Å². The van der Waals surface area contributed by atoms with Crippen LogP contribution in [-0.4, -0.2) is 25.5 Å². The van der Waals surface area contributed by atoms with Crippen molar-refractivity contribution in [2.75, 3.05) is 5.32 Å². The molecule has 3 rings (SSSR count). The molecule has 0 bridgehead atoms. The lowest BCUT2D eigenvalue weighted by molar-refractivity contribution is -0.116. The third-order valence-electron chi connectivity index (χ3n) is 3.49. The molecular formula is C16H15ClFN5O. The van der Waals surface area contributed by atoms with Gasteiger partial charge in [-0.1, -0.05) is 23.7 Å². The summed E-state index contributed by atoms with van der Waals surface area (Å²) in [5.74, 6) is -0.524. The molecule has 0 aliphatic carbocycles. The number of halogens is 2. The Labute approximate surface area is 142 Å². The molecule has 24 heavy (non-hydrogen) atoms. The summed E-state index contributed by atoms with van der Waals surface area (Å²) in [6, 6.07) is 6.30. The molecule has 2 aromatic heterocycles. The Morgan fingerprint density at radius 1 is 1.33 bits per heavy atom. The first-order valence-electron chi connectivity index (χ1n) is 7.26. The second-order valence-electron chi connectivity index (χ2n) is 5.34. The molecule has 0 aliphatic rings. The summed E-state index contributed by atoms with van der Waals surface area (Å²) < 4.78 is 16.3. The molecule has 0 aliphatic heterocycles. The Bertz CT molecular complexity index is 873. The van der Waals surface area contributed by atoms with Gasteiger partial charge in [0.2, 0.25) is 5.91 Å². The molecule has 1 aromatic carbocycles. The second kappa shape index (κ2) is 6.84. The second-order valence-corrected chi connectivity index (χ2v) is 5.75. The smallest absolute Gasteiger partial charge is 0.246 e. The summed E-state index contributed by atoms with van der Waals surface area (Å²) in [5, 5.41) is 11.5. The van der Waals surface area contributed by atoms with Crippen LogP contribution in [0.2, 0.25) is 5.02 Å². The molecular weight excluding hydrogens is 333 g/mol. The predicted octanol–water partition coefficient (Wildman–Crippen LogP) is 2.87. The molecule has 2 heterocycles. The van der Waals surface area contributed by atoms with Gasteiger partial charge in [0.15, 0.2) is 0 Å². The highest BCUT2D eigenvalue weighted by Crippen LogP contribution is 2.14. The van der Waals surface area contributed by atoms with E-state index in [1.165, 1.54) is 23.0 Å². The first-order valence-corrected chi connectivity index (χ1v) is 7.64. The Morgan fingerprint density at radius 3 is 2.88 bits per heavy atom. The normalized spacial score (nSPS) is 10.8. The molecule has 1 amide bonds. The number of carbonyl (C=O) groups excluding carboxylic acids is 1. The van der Waals surface area contributed by atoms with Gasteiger partial charge in [-0.15, -0.1) is 0 Å². The Morgan fingerprint density at radius 2 is 2.17 bits per heavy atom. The Balaban J connectivity index is 1.61. The minimum atomic E-state index is -0.290. The van der Waals surface area contributed by atoms with Gasteiger partial charge in [-0.2, -0.15) is 10.2 Å². The molecule has 1 N–H and O–H groups in total. The monoisotopic (exact) mass is 347 g/mol. The summed E-state index contributed by atoms with van der Waals surface area (Å²) in [7, 11) is 0. The highest BCUT2D eigenvalue weighted by atomic mass is 35.5. The first-order chi connectivity index (χ1) is 11.5. The number of hydrogen-bond acceptors (Lipinski definition) is 3. The number of anilines is 1. The van der Waals surface area contributed by atoms with Crippen molar-refractivity contribution in [2.24, 2.45) is 0 Å². The van der Waals surface area contributed by atoms with Crippen LogP contribution in [0.15, 0.2) is 42.9 Å². The average Bonchev–Trinajstić information content (AvgIpc) is 3.09. The Hall–Kier alpha value is -2.67. The largest absolute Gasteiger partial charge is 0.322 e. The van der Waals surface area contributed by atoms with Crippen LogP contribution in [0.25, 0.3) is 0 Å². The van der Waals surface area contributed by atoms with Gasteiger partial charge >= 0.3 is 0 Å². The average molecular weight is 348 g/mol. The van der Waals surface area contributed by atoms with Crippen LogP contribution in [0.3, 0.4) is 0 Å². The van der Waals surface area contributed by atoms with Crippen molar-refractivity contribution in [3.05, 3.63) is 65.0 Å². The molecule has 0 radical (unpaired) electrons. The van der Waals surface area contributed by atoms with E-state index in [0.717, 1.165) is 11.3 Å². The number of aromatic nitrogens is 4. The van der Waals surface area contributed by atoms with E-state index in [-0.39, 0.29) is 18.3 Å². The maximum Gasteiger partial charge on any atom is 0.246 e. The maximum absolute atomic E-state index is 13.2. The molecule has 0 spiro atoms. The van der Waals surface area contributed by atoms with Gasteiger partial charge in [0.1, 0.15) is 12.4 Å².